The molecule has 26 heavy (non-hydrogen) atoms. The Labute approximate surface area is 162 Å². The summed E-state index contributed by atoms with van der Waals surface area (Å²) in [5.41, 5.74) is 1.11. The molecule has 2 unspecified atom stereocenters. The van der Waals surface area contributed by atoms with Crippen LogP contribution in [0.25, 0.3) is 0 Å². The molecule has 1 heterocycles. The van der Waals surface area contributed by atoms with E-state index in [9.17, 15) is 4.79 Å². The Hall–Kier alpha value is -1.85. The highest BCUT2D eigenvalue weighted by molar-refractivity contribution is 9.10. The van der Waals surface area contributed by atoms with E-state index in [1.165, 1.54) is 0 Å². The number of cyclic esters (lactones) is 1. The van der Waals surface area contributed by atoms with Crippen LogP contribution in [0.5, 0.6) is 11.5 Å². The first-order chi connectivity index (χ1) is 12.4. The predicted octanol–water partition coefficient (Wildman–Crippen LogP) is 5.10. The molecule has 0 spiro atoms. The molecule has 1 fully saturated rings. The molecule has 1 saturated heterocycles. The summed E-state index contributed by atoms with van der Waals surface area (Å²) in [6, 6.07) is 17.6. The van der Waals surface area contributed by atoms with Crippen molar-refractivity contribution in [1.82, 2.24) is 0 Å². The number of hydrogen-bond acceptors (Lipinski definition) is 4. The number of carbonyl (C=O) groups excluding carboxylic acids is 1. The van der Waals surface area contributed by atoms with Crippen LogP contribution in [0.15, 0.2) is 54.6 Å². The van der Waals surface area contributed by atoms with Gasteiger partial charge in [-0.2, -0.15) is 0 Å². The number of rotatable bonds is 7. The monoisotopic (exact) mass is 418 g/mol. The standard InChI is InChI=1S/C21H23BrO4/c1-21(2,22)18-14-19(23)26-20(18)24-12-11-15-7-6-10-17(13-15)25-16-8-4-3-5-9-16/h3-10,13,18,20H,11-12,14H2,1-2H3. The molecule has 0 aliphatic carbocycles. The molecule has 3 rings (SSSR count). The maximum Gasteiger partial charge on any atom is 0.308 e. The molecule has 2 aromatic carbocycles. The van der Waals surface area contributed by atoms with Gasteiger partial charge in [0.25, 0.3) is 0 Å². The van der Waals surface area contributed by atoms with E-state index < -0.39 is 6.29 Å². The number of hydrogen-bond donors (Lipinski definition) is 0. The van der Waals surface area contributed by atoms with E-state index in [4.69, 9.17) is 14.2 Å². The van der Waals surface area contributed by atoms with Gasteiger partial charge in [-0.3, -0.25) is 4.79 Å². The number of alkyl halides is 1. The smallest absolute Gasteiger partial charge is 0.308 e. The van der Waals surface area contributed by atoms with E-state index in [0.29, 0.717) is 13.0 Å². The van der Waals surface area contributed by atoms with E-state index in [0.717, 1.165) is 23.5 Å². The highest BCUT2D eigenvalue weighted by Crippen LogP contribution is 2.38. The molecule has 5 heteroatoms. The van der Waals surface area contributed by atoms with Crippen LogP contribution in [-0.2, 0) is 20.7 Å². The number of benzene rings is 2. The zero-order chi connectivity index (χ0) is 18.6. The Kier molecular flexibility index (Phi) is 5.99. The average Bonchev–Trinajstić information content (AvgIpc) is 2.97. The lowest BCUT2D eigenvalue weighted by Gasteiger charge is -2.27. The lowest BCUT2D eigenvalue weighted by Crippen LogP contribution is -2.33. The molecule has 0 N–H and O–H groups in total. The summed E-state index contributed by atoms with van der Waals surface area (Å²) in [7, 11) is 0. The van der Waals surface area contributed by atoms with Crippen LogP contribution >= 0.6 is 15.9 Å². The molecule has 2 aromatic rings. The summed E-state index contributed by atoms with van der Waals surface area (Å²) >= 11 is 3.62. The highest BCUT2D eigenvalue weighted by Gasteiger charge is 2.43. The topological polar surface area (TPSA) is 44.8 Å². The van der Waals surface area contributed by atoms with E-state index in [1.807, 2.05) is 68.4 Å². The molecular weight excluding hydrogens is 396 g/mol. The lowest BCUT2D eigenvalue weighted by molar-refractivity contribution is -0.167. The van der Waals surface area contributed by atoms with Gasteiger partial charge in [0, 0.05) is 10.2 Å². The number of ether oxygens (including phenoxy) is 3. The zero-order valence-corrected chi connectivity index (χ0v) is 16.6. The van der Waals surface area contributed by atoms with Gasteiger partial charge in [-0.1, -0.05) is 46.3 Å². The molecule has 0 radical (unpaired) electrons. The van der Waals surface area contributed by atoms with Gasteiger partial charge in [0.1, 0.15) is 11.5 Å². The van der Waals surface area contributed by atoms with Crippen molar-refractivity contribution in [2.24, 2.45) is 5.92 Å². The molecule has 0 saturated carbocycles. The number of esters is 1. The second-order valence-corrected chi connectivity index (χ2v) is 8.96. The first kappa shape index (κ1) is 18.9. The molecule has 0 amide bonds. The van der Waals surface area contributed by atoms with Gasteiger partial charge in [-0.25, -0.2) is 0 Å². The Morgan fingerprint density at radius 3 is 2.58 bits per heavy atom. The fraction of sp³-hybridized carbons (Fsp3) is 0.381. The van der Waals surface area contributed by atoms with Gasteiger partial charge in [-0.05, 0) is 50.1 Å². The maximum atomic E-state index is 11.6. The molecule has 1 aliphatic rings. The third-order valence-electron chi connectivity index (χ3n) is 4.39. The summed E-state index contributed by atoms with van der Waals surface area (Å²) in [6.45, 7) is 4.53. The van der Waals surface area contributed by atoms with Crippen LogP contribution < -0.4 is 4.74 Å². The summed E-state index contributed by atoms with van der Waals surface area (Å²) in [5.74, 6) is 1.40. The second kappa shape index (κ2) is 8.23. The predicted molar refractivity (Wildman–Crippen MR) is 104 cm³/mol. The van der Waals surface area contributed by atoms with Crippen molar-refractivity contribution in [1.29, 1.82) is 0 Å². The maximum absolute atomic E-state index is 11.6. The van der Waals surface area contributed by atoms with Crippen LogP contribution in [-0.4, -0.2) is 23.2 Å². The minimum Gasteiger partial charge on any atom is -0.457 e. The Balaban J connectivity index is 1.55. The number of carbonyl (C=O) groups is 1. The van der Waals surface area contributed by atoms with Crippen molar-refractivity contribution in [3.05, 3.63) is 60.2 Å². The number of para-hydroxylation sites is 1. The quantitative estimate of drug-likeness (QED) is 0.463. The molecule has 0 bridgehead atoms. The Morgan fingerprint density at radius 1 is 1.12 bits per heavy atom. The van der Waals surface area contributed by atoms with Gasteiger partial charge in [0.05, 0.1) is 13.0 Å². The van der Waals surface area contributed by atoms with E-state index in [1.54, 1.807) is 0 Å². The third kappa shape index (κ3) is 5.08. The van der Waals surface area contributed by atoms with Crippen LogP contribution in [0.1, 0.15) is 25.8 Å². The van der Waals surface area contributed by atoms with E-state index in [2.05, 4.69) is 15.9 Å². The molecule has 0 aromatic heterocycles. The zero-order valence-electron chi connectivity index (χ0n) is 15.0. The Morgan fingerprint density at radius 2 is 1.85 bits per heavy atom. The van der Waals surface area contributed by atoms with Crippen LogP contribution in [0, 0.1) is 5.92 Å². The molecule has 2 atom stereocenters. The minimum atomic E-state index is -0.499. The van der Waals surface area contributed by atoms with Crippen LogP contribution in [0.2, 0.25) is 0 Å². The fourth-order valence-corrected chi connectivity index (χ4v) is 3.31. The van der Waals surface area contributed by atoms with Crippen molar-refractivity contribution in [2.75, 3.05) is 6.61 Å². The summed E-state index contributed by atoms with van der Waals surface area (Å²) in [5, 5.41) is 0. The first-order valence-corrected chi connectivity index (χ1v) is 9.53. The molecule has 4 nitrogen and oxygen atoms in total. The summed E-state index contributed by atoms with van der Waals surface area (Å²) in [6.07, 6.45) is 0.597. The molecule has 138 valence electrons. The van der Waals surface area contributed by atoms with Crippen molar-refractivity contribution in [3.8, 4) is 11.5 Å². The third-order valence-corrected chi connectivity index (χ3v) is 4.98. The van der Waals surface area contributed by atoms with Crippen molar-refractivity contribution in [2.45, 2.75) is 37.3 Å². The van der Waals surface area contributed by atoms with Crippen LogP contribution in [0.4, 0.5) is 0 Å². The summed E-state index contributed by atoms with van der Waals surface area (Å²) < 4.78 is 16.8. The average molecular weight is 419 g/mol. The fourth-order valence-electron chi connectivity index (χ4n) is 2.93. The van der Waals surface area contributed by atoms with Crippen molar-refractivity contribution >= 4 is 21.9 Å². The van der Waals surface area contributed by atoms with E-state index >= 15 is 0 Å². The van der Waals surface area contributed by atoms with Crippen molar-refractivity contribution in [3.63, 3.8) is 0 Å². The van der Waals surface area contributed by atoms with Gasteiger partial charge in [0.15, 0.2) is 0 Å². The second-order valence-electron chi connectivity index (χ2n) is 6.92. The van der Waals surface area contributed by atoms with Gasteiger partial charge >= 0.3 is 5.97 Å². The molecular formula is C21H23BrO4. The number of halogens is 1. The largest absolute Gasteiger partial charge is 0.457 e. The minimum absolute atomic E-state index is 0.00254. The molecule has 1 aliphatic heterocycles. The summed E-state index contributed by atoms with van der Waals surface area (Å²) in [4.78, 5) is 11.6. The first-order valence-electron chi connectivity index (χ1n) is 8.73. The normalized spacial score (nSPS) is 20.0. The van der Waals surface area contributed by atoms with Gasteiger partial charge in [0.2, 0.25) is 6.29 Å². The Bertz CT molecular complexity index is 739. The van der Waals surface area contributed by atoms with Gasteiger partial charge < -0.3 is 14.2 Å². The highest BCUT2D eigenvalue weighted by atomic mass is 79.9. The van der Waals surface area contributed by atoms with Crippen molar-refractivity contribution < 1.29 is 19.0 Å². The van der Waals surface area contributed by atoms with E-state index in [-0.39, 0.29) is 16.2 Å². The SMILES string of the molecule is CC(C)(Br)C1CC(=O)OC1OCCc1cccc(Oc2ccccc2)c1. The lowest BCUT2D eigenvalue weighted by atomic mass is 9.93. The van der Waals surface area contributed by atoms with Crippen LogP contribution in [0.3, 0.4) is 0 Å². The van der Waals surface area contributed by atoms with Gasteiger partial charge in [-0.15, -0.1) is 0 Å².